The molecule has 26 heavy (non-hydrogen) atoms. The molecule has 2 unspecified atom stereocenters. The lowest BCUT2D eigenvalue weighted by Crippen LogP contribution is -2.47. The van der Waals surface area contributed by atoms with Crippen molar-refractivity contribution in [2.75, 3.05) is 46.3 Å². The molecule has 0 saturated carbocycles. The molecule has 1 spiro atoms. The summed E-state index contributed by atoms with van der Waals surface area (Å²) in [5.41, 5.74) is -0.558. The van der Waals surface area contributed by atoms with Gasteiger partial charge in [-0.05, 0) is 25.4 Å². The van der Waals surface area contributed by atoms with Crippen molar-refractivity contribution in [3.8, 4) is 0 Å². The monoisotopic (exact) mass is 361 g/mol. The van der Waals surface area contributed by atoms with E-state index in [0.717, 1.165) is 32.6 Å². The first-order valence-corrected chi connectivity index (χ1v) is 9.84. The maximum absolute atomic E-state index is 13.3. The third-order valence-corrected chi connectivity index (χ3v) is 6.16. The number of carbonyl (C=O) groups excluding carboxylic acids is 2. The van der Waals surface area contributed by atoms with Crippen molar-refractivity contribution in [3.63, 3.8) is 0 Å². The summed E-state index contributed by atoms with van der Waals surface area (Å²) in [6.45, 7) is 11.1. The van der Waals surface area contributed by atoms with E-state index in [-0.39, 0.29) is 35.2 Å². The molecule has 2 amide bonds. The highest BCUT2D eigenvalue weighted by atomic mass is 16.5. The van der Waals surface area contributed by atoms with Crippen LogP contribution in [0.25, 0.3) is 0 Å². The summed E-state index contributed by atoms with van der Waals surface area (Å²) in [6, 6.07) is 0. The summed E-state index contributed by atoms with van der Waals surface area (Å²) < 4.78 is 6.24. The molecule has 0 radical (unpaired) electrons. The normalized spacial score (nSPS) is 37.4. The van der Waals surface area contributed by atoms with Crippen LogP contribution in [-0.4, -0.2) is 84.5 Å². The van der Waals surface area contributed by atoms with Crippen LogP contribution in [-0.2, 0) is 14.3 Å². The number of ether oxygens (including phenoxy) is 1. The van der Waals surface area contributed by atoms with E-state index in [9.17, 15) is 9.59 Å². The van der Waals surface area contributed by atoms with Gasteiger partial charge in [0.15, 0.2) is 0 Å². The minimum Gasteiger partial charge on any atom is -0.360 e. The summed E-state index contributed by atoms with van der Waals surface area (Å²) in [5.74, 6) is -0.515. The second-order valence-corrected chi connectivity index (χ2v) is 9.64. The summed E-state index contributed by atoms with van der Waals surface area (Å²) in [7, 11) is 2.09. The molecule has 0 aromatic rings. The van der Waals surface area contributed by atoms with E-state index >= 15 is 0 Å². The SMILES string of the molecule is CN1CCCN(C(=O)C2C3C(=O)N(CC(C)(C)C)C[C@@]34C=C[C@@H]2O4)CC1. The lowest BCUT2D eigenvalue weighted by Gasteiger charge is -2.30. The highest BCUT2D eigenvalue weighted by Gasteiger charge is 2.67. The average Bonchev–Trinajstić information content (AvgIpc) is 3.10. The second kappa shape index (κ2) is 6.06. The number of carbonyl (C=O) groups is 2. The Morgan fingerprint density at radius 1 is 1.27 bits per heavy atom. The highest BCUT2D eigenvalue weighted by molar-refractivity contribution is 5.93. The second-order valence-electron chi connectivity index (χ2n) is 9.64. The molecule has 6 heteroatoms. The molecular formula is C20H31N3O3. The van der Waals surface area contributed by atoms with E-state index in [0.29, 0.717) is 13.1 Å². The van der Waals surface area contributed by atoms with Gasteiger partial charge in [-0.25, -0.2) is 0 Å². The maximum Gasteiger partial charge on any atom is 0.230 e. The molecule has 4 atom stereocenters. The Morgan fingerprint density at radius 3 is 2.77 bits per heavy atom. The quantitative estimate of drug-likeness (QED) is 0.688. The van der Waals surface area contributed by atoms with Crippen LogP contribution in [0.2, 0.25) is 0 Å². The molecule has 2 bridgehead atoms. The van der Waals surface area contributed by atoms with Crippen molar-refractivity contribution >= 4 is 11.8 Å². The number of likely N-dealkylation sites (N-methyl/N-ethyl adjacent to an activating group) is 1. The molecule has 0 aliphatic carbocycles. The Bertz CT molecular complexity index is 641. The van der Waals surface area contributed by atoms with Crippen LogP contribution >= 0.6 is 0 Å². The molecule has 4 rings (SSSR count). The lowest BCUT2D eigenvalue weighted by molar-refractivity contribution is -0.143. The molecule has 3 fully saturated rings. The molecule has 0 aromatic carbocycles. The summed E-state index contributed by atoms with van der Waals surface area (Å²) in [4.78, 5) is 32.7. The Hall–Kier alpha value is -1.40. The Kier molecular flexibility index (Phi) is 4.19. The zero-order valence-electron chi connectivity index (χ0n) is 16.4. The van der Waals surface area contributed by atoms with Gasteiger partial charge in [0.05, 0.1) is 24.5 Å². The van der Waals surface area contributed by atoms with E-state index in [2.05, 4.69) is 32.7 Å². The Morgan fingerprint density at radius 2 is 2.04 bits per heavy atom. The standard InChI is InChI=1S/C20H31N3O3/c1-19(2,3)12-23-13-20-7-6-14(26-20)15(16(20)18(23)25)17(24)22-9-5-8-21(4)10-11-22/h6-7,14-16H,5,8-13H2,1-4H3/t14-,15?,16?,20-/m0/s1. The van der Waals surface area contributed by atoms with Crippen LogP contribution in [0.15, 0.2) is 12.2 Å². The fraction of sp³-hybridized carbons (Fsp3) is 0.800. The van der Waals surface area contributed by atoms with Crippen molar-refractivity contribution < 1.29 is 14.3 Å². The predicted molar refractivity (Wildman–Crippen MR) is 98.5 cm³/mol. The van der Waals surface area contributed by atoms with Gasteiger partial charge in [-0.1, -0.05) is 32.9 Å². The number of fused-ring (bicyclic) bond motifs is 1. The molecule has 3 saturated heterocycles. The minimum absolute atomic E-state index is 0.0293. The Labute approximate surface area is 156 Å². The van der Waals surface area contributed by atoms with Gasteiger partial charge in [0.25, 0.3) is 0 Å². The van der Waals surface area contributed by atoms with Crippen molar-refractivity contribution in [1.29, 1.82) is 0 Å². The zero-order chi connectivity index (χ0) is 18.7. The topological polar surface area (TPSA) is 53.1 Å². The van der Waals surface area contributed by atoms with Crippen molar-refractivity contribution in [2.45, 2.75) is 38.9 Å². The fourth-order valence-electron chi connectivity index (χ4n) is 5.04. The number of hydrogen-bond acceptors (Lipinski definition) is 4. The van der Waals surface area contributed by atoms with Crippen LogP contribution < -0.4 is 0 Å². The van der Waals surface area contributed by atoms with E-state index in [4.69, 9.17) is 4.74 Å². The van der Waals surface area contributed by atoms with Crippen LogP contribution in [0.1, 0.15) is 27.2 Å². The zero-order valence-corrected chi connectivity index (χ0v) is 16.4. The van der Waals surface area contributed by atoms with Crippen LogP contribution in [0.5, 0.6) is 0 Å². The molecular weight excluding hydrogens is 330 g/mol. The Balaban J connectivity index is 1.56. The van der Waals surface area contributed by atoms with Crippen molar-refractivity contribution in [2.24, 2.45) is 17.3 Å². The minimum atomic E-state index is -0.587. The van der Waals surface area contributed by atoms with Gasteiger partial charge in [-0.15, -0.1) is 0 Å². The molecule has 4 aliphatic heterocycles. The molecule has 144 valence electrons. The molecule has 0 N–H and O–H groups in total. The van der Waals surface area contributed by atoms with E-state index in [1.807, 2.05) is 22.0 Å². The van der Waals surface area contributed by atoms with Gasteiger partial charge in [0, 0.05) is 26.2 Å². The van der Waals surface area contributed by atoms with Gasteiger partial charge >= 0.3 is 0 Å². The summed E-state index contributed by atoms with van der Waals surface area (Å²) in [6.07, 6.45) is 4.80. The molecule has 4 heterocycles. The first-order valence-electron chi connectivity index (χ1n) is 9.84. The van der Waals surface area contributed by atoms with Crippen LogP contribution in [0, 0.1) is 17.3 Å². The van der Waals surface area contributed by atoms with Gasteiger partial charge < -0.3 is 19.4 Å². The summed E-state index contributed by atoms with van der Waals surface area (Å²) >= 11 is 0. The molecule has 0 aromatic heterocycles. The number of likely N-dealkylation sites (tertiary alicyclic amines) is 1. The molecule has 4 aliphatic rings. The first kappa shape index (κ1) is 18.0. The van der Waals surface area contributed by atoms with Crippen LogP contribution in [0.4, 0.5) is 0 Å². The van der Waals surface area contributed by atoms with Gasteiger partial charge in [0.2, 0.25) is 11.8 Å². The fourth-order valence-corrected chi connectivity index (χ4v) is 5.04. The van der Waals surface area contributed by atoms with Crippen LogP contribution in [0.3, 0.4) is 0 Å². The van der Waals surface area contributed by atoms with Gasteiger partial charge in [-0.2, -0.15) is 0 Å². The predicted octanol–water partition coefficient (Wildman–Crippen LogP) is 0.979. The first-order chi connectivity index (χ1) is 12.2. The lowest BCUT2D eigenvalue weighted by atomic mass is 9.76. The summed E-state index contributed by atoms with van der Waals surface area (Å²) in [5, 5.41) is 0. The molecule has 6 nitrogen and oxygen atoms in total. The number of hydrogen-bond donors (Lipinski definition) is 0. The largest absolute Gasteiger partial charge is 0.360 e. The smallest absolute Gasteiger partial charge is 0.230 e. The average molecular weight is 361 g/mol. The third kappa shape index (κ3) is 2.87. The van der Waals surface area contributed by atoms with Crippen molar-refractivity contribution in [3.05, 3.63) is 12.2 Å². The van der Waals surface area contributed by atoms with Gasteiger partial charge in [0.1, 0.15) is 5.60 Å². The van der Waals surface area contributed by atoms with E-state index < -0.39 is 5.60 Å². The van der Waals surface area contributed by atoms with E-state index in [1.54, 1.807) is 0 Å². The maximum atomic E-state index is 13.3. The number of amides is 2. The highest BCUT2D eigenvalue weighted by Crippen LogP contribution is 2.52. The number of nitrogens with zero attached hydrogens (tertiary/aromatic N) is 3. The number of rotatable bonds is 2. The van der Waals surface area contributed by atoms with Gasteiger partial charge in [-0.3, -0.25) is 9.59 Å². The third-order valence-electron chi connectivity index (χ3n) is 6.16. The van der Waals surface area contributed by atoms with E-state index in [1.165, 1.54) is 0 Å². The van der Waals surface area contributed by atoms with Crippen molar-refractivity contribution in [1.82, 2.24) is 14.7 Å².